The molecule has 58 valence electrons. The molecule has 2 rings (SSSR count). The fourth-order valence-electron chi connectivity index (χ4n) is 1.29. The molecule has 11 heavy (non-hydrogen) atoms. The molecule has 0 fully saturated rings. The zero-order valence-corrected chi connectivity index (χ0v) is 7.29. The van der Waals surface area contributed by atoms with E-state index in [1.54, 1.807) is 11.3 Å². The molecule has 0 unspecified atom stereocenters. The molecule has 3 heteroatoms. The lowest BCUT2D eigenvalue weighted by molar-refractivity contribution is 0.819. The van der Waals surface area contributed by atoms with Gasteiger partial charge in [-0.25, -0.2) is 4.98 Å². The van der Waals surface area contributed by atoms with E-state index in [-0.39, 0.29) is 0 Å². The number of hydrogen-bond donors (Lipinski definition) is 1. The summed E-state index contributed by atoms with van der Waals surface area (Å²) in [4.78, 5) is 5.77. The Hall–Kier alpha value is -0.830. The van der Waals surface area contributed by atoms with Crippen LogP contribution in [0.25, 0.3) is 5.70 Å². The minimum absolute atomic E-state index is 0.982. The number of aromatic nitrogens is 1. The van der Waals surface area contributed by atoms with Gasteiger partial charge in [0.2, 0.25) is 0 Å². The Labute approximate surface area is 70.0 Å². The molecule has 1 aromatic rings. The lowest BCUT2D eigenvalue weighted by Gasteiger charge is -2.13. The van der Waals surface area contributed by atoms with E-state index in [1.165, 1.54) is 4.88 Å². The molecule has 1 N–H and O–H groups in total. The average Bonchev–Trinajstić information content (AvgIpc) is 2.31. The average molecular weight is 166 g/mol. The quantitative estimate of drug-likeness (QED) is 0.632. The molecule has 1 aliphatic heterocycles. The molecule has 0 bridgehead atoms. The van der Waals surface area contributed by atoms with Gasteiger partial charge in [-0.05, 0) is 6.92 Å². The van der Waals surface area contributed by atoms with E-state index in [0.717, 1.165) is 29.4 Å². The summed E-state index contributed by atoms with van der Waals surface area (Å²) in [5, 5.41) is 4.34. The van der Waals surface area contributed by atoms with Crippen LogP contribution in [0.4, 0.5) is 0 Å². The highest BCUT2D eigenvalue weighted by atomic mass is 32.1. The third-order valence-corrected chi connectivity index (χ3v) is 2.81. The second-order valence-corrected chi connectivity index (χ2v) is 3.95. The molecule has 0 spiro atoms. The topological polar surface area (TPSA) is 24.9 Å². The summed E-state index contributed by atoms with van der Waals surface area (Å²) in [6.45, 7) is 6.95. The minimum Gasteiger partial charge on any atom is -0.383 e. The number of thiazole rings is 1. The van der Waals surface area contributed by atoms with Crippen molar-refractivity contribution >= 4 is 17.0 Å². The summed E-state index contributed by atoms with van der Waals surface area (Å²) in [5.41, 5.74) is 2.06. The Balaban J connectivity index is 2.52. The molecule has 2 heterocycles. The van der Waals surface area contributed by atoms with E-state index < -0.39 is 0 Å². The highest BCUT2D eigenvalue weighted by molar-refractivity contribution is 7.11. The van der Waals surface area contributed by atoms with Gasteiger partial charge in [0.05, 0.1) is 16.4 Å². The summed E-state index contributed by atoms with van der Waals surface area (Å²) in [6.07, 6.45) is 1.10. The molecular weight excluding hydrogens is 156 g/mol. The second-order valence-electron chi connectivity index (χ2n) is 2.66. The summed E-state index contributed by atoms with van der Waals surface area (Å²) in [6, 6.07) is 0. The predicted molar refractivity (Wildman–Crippen MR) is 47.6 cm³/mol. The zero-order chi connectivity index (χ0) is 7.84. The summed E-state index contributed by atoms with van der Waals surface area (Å²) in [7, 11) is 0. The van der Waals surface area contributed by atoms with Crippen molar-refractivity contribution in [1.82, 2.24) is 10.3 Å². The largest absolute Gasteiger partial charge is 0.383 e. The van der Waals surface area contributed by atoms with E-state index in [4.69, 9.17) is 0 Å². The van der Waals surface area contributed by atoms with Gasteiger partial charge in [-0.3, -0.25) is 0 Å². The van der Waals surface area contributed by atoms with E-state index in [9.17, 15) is 0 Å². The molecule has 1 aliphatic rings. The second kappa shape index (κ2) is 2.34. The SMILES string of the molecule is C=C1NCCc2sc(C)nc21. The smallest absolute Gasteiger partial charge is 0.0999 e. The number of nitrogens with one attached hydrogen (secondary N) is 1. The molecule has 0 saturated carbocycles. The van der Waals surface area contributed by atoms with Crippen molar-refractivity contribution in [3.63, 3.8) is 0 Å². The molecule has 0 saturated heterocycles. The zero-order valence-electron chi connectivity index (χ0n) is 6.48. The first-order valence-corrected chi connectivity index (χ1v) is 4.48. The summed E-state index contributed by atoms with van der Waals surface area (Å²) < 4.78 is 0. The molecule has 0 aliphatic carbocycles. The van der Waals surface area contributed by atoms with Crippen molar-refractivity contribution in [3.05, 3.63) is 22.2 Å². The Kier molecular flexibility index (Phi) is 1.46. The number of hydrogen-bond acceptors (Lipinski definition) is 3. The molecule has 2 nitrogen and oxygen atoms in total. The summed E-state index contributed by atoms with van der Waals surface area (Å²) in [5.74, 6) is 0. The van der Waals surface area contributed by atoms with E-state index in [0.29, 0.717) is 0 Å². The van der Waals surface area contributed by atoms with Gasteiger partial charge in [0.15, 0.2) is 0 Å². The Morgan fingerprint density at radius 2 is 2.45 bits per heavy atom. The monoisotopic (exact) mass is 166 g/mol. The van der Waals surface area contributed by atoms with Crippen LogP contribution in [0, 0.1) is 6.92 Å². The van der Waals surface area contributed by atoms with Gasteiger partial charge in [-0.2, -0.15) is 0 Å². The van der Waals surface area contributed by atoms with Crippen LogP contribution in [-0.2, 0) is 6.42 Å². The fourth-order valence-corrected chi connectivity index (χ4v) is 2.25. The Bertz CT molecular complexity index is 301. The van der Waals surface area contributed by atoms with E-state index in [1.807, 2.05) is 6.92 Å². The van der Waals surface area contributed by atoms with Crippen LogP contribution in [0.5, 0.6) is 0 Å². The fraction of sp³-hybridized carbons (Fsp3) is 0.375. The van der Waals surface area contributed by atoms with Crippen LogP contribution < -0.4 is 5.32 Å². The number of nitrogens with zero attached hydrogens (tertiary/aromatic N) is 1. The van der Waals surface area contributed by atoms with Crippen molar-refractivity contribution in [3.8, 4) is 0 Å². The highest BCUT2D eigenvalue weighted by Gasteiger charge is 2.15. The first kappa shape index (κ1) is 6.85. The van der Waals surface area contributed by atoms with Crippen molar-refractivity contribution in [2.45, 2.75) is 13.3 Å². The van der Waals surface area contributed by atoms with Crippen LogP contribution in [0.1, 0.15) is 15.6 Å². The normalized spacial score (nSPS) is 15.9. The van der Waals surface area contributed by atoms with Crippen molar-refractivity contribution in [2.75, 3.05) is 6.54 Å². The molecule has 0 amide bonds. The van der Waals surface area contributed by atoms with Crippen LogP contribution in [-0.4, -0.2) is 11.5 Å². The highest BCUT2D eigenvalue weighted by Crippen LogP contribution is 2.25. The van der Waals surface area contributed by atoms with Crippen LogP contribution in [0.3, 0.4) is 0 Å². The van der Waals surface area contributed by atoms with Crippen molar-refractivity contribution in [1.29, 1.82) is 0 Å². The van der Waals surface area contributed by atoms with Crippen LogP contribution in [0.2, 0.25) is 0 Å². The standard InChI is InChI=1S/C8H10N2S/c1-5-8-7(3-4-9-5)11-6(2)10-8/h9H,1,3-4H2,2H3. The molecule has 0 atom stereocenters. The lowest BCUT2D eigenvalue weighted by Crippen LogP contribution is -2.20. The van der Waals surface area contributed by atoms with E-state index in [2.05, 4.69) is 16.9 Å². The van der Waals surface area contributed by atoms with Gasteiger partial charge in [-0.1, -0.05) is 6.58 Å². The molecular formula is C8H10N2S. The Morgan fingerprint density at radius 1 is 1.64 bits per heavy atom. The third-order valence-electron chi connectivity index (χ3n) is 1.78. The van der Waals surface area contributed by atoms with Gasteiger partial charge in [0.1, 0.15) is 0 Å². The number of aryl methyl sites for hydroxylation is 1. The predicted octanol–water partition coefficient (Wildman–Crippen LogP) is 1.57. The number of fused-ring (bicyclic) bond motifs is 1. The van der Waals surface area contributed by atoms with Gasteiger partial charge < -0.3 is 5.32 Å². The first-order chi connectivity index (χ1) is 5.27. The molecule has 1 aromatic heterocycles. The lowest BCUT2D eigenvalue weighted by atomic mass is 10.2. The van der Waals surface area contributed by atoms with Gasteiger partial charge in [-0.15, -0.1) is 11.3 Å². The van der Waals surface area contributed by atoms with Gasteiger partial charge in [0.25, 0.3) is 0 Å². The van der Waals surface area contributed by atoms with Crippen molar-refractivity contribution < 1.29 is 0 Å². The van der Waals surface area contributed by atoms with E-state index >= 15 is 0 Å². The number of rotatable bonds is 0. The summed E-state index contributed by atoms with van der Waals surface area (Å²) >= 11 is 1.78. The van der Waals surface area contributed by atoms with Gasteiger partial charge >= 0.3 is 0 Å². The Morgan fingerprint density at radius 3 is 3.18 bits per heavy atom. The van der Waals surface area contributed by atoms with Gasteiger partial charge in [0, 0.05) is 17.8 Å². The third kappa shape index (κ3) is 1.05. The maximum absolute atomic E-state index is 4.39. The van der Waals surface area contributed by atoms with Crippen molar-refractivity contribution in [2.24, 2.45) is 0 Å². The maximum Gasteiger partial charge on any atom is 0.0999 e. The van der Waals surface area contributed by atoms with Crippen LogP contribution in [0.15, 0.2) is 6.58 Å². The first-order valence-electron chi connectivity index (χ1n) is 3.67. The maximum atomic E-state index is 4.39. The molecule has 0 radical (unpaired) electrons. The minimum atomic E-state index is 0.982. The van der Waals surface area contributed by atoms with Crippen LogP contribution >= 0.6 is 11.3 Å². The molecule has 0 aromatic carbocycles.